The van der Waals surface area contributed by atoms with Gasteiger partial charge in [-0.05, 0) is 30.3 Å². The van der Waals surface area contributed by atoms with Crippen LogP contribution >= 0.6 is 15.9 Å². The molecule has 112 valence electrons. The van der Waals surface area contributed by atoms with Crippen LogP contribution in [0.4, 0.5) is 13.2 Å². The molecule has 0 spiro atoms. The molecule has 0 radical (unpaired) electrons. The molecule has 0 aliphatic rings. The van der Waals surface area contributed by atoms with Gasteiger partial charge in [-0.2, -0.15) is 21.6 Å². The van der Waals surface area contributed by atoms with Gasteiger partial charge in [-0.25, -0.2) is 0 Å². The van der Waals surface area contributed by atoms with E-state index in [1.165, 1.54) is 24.3 Å². The van der Waals surface area contributed by atoms with Crippen LogP contribution in [0.15, 0.2) is 57.9 Å². The van der Waals surface area contributed by atoms with E-state index in [1.807, 2.05) is 0 Å². The van der Waals surface area contributed by atoms with E-state index in [-0.39, 0.29) is 5.75 Å². The molecule has 0 N–H and O–H groups in total. The first-order valence-electron chi connectivity index (χ1n) is 5.56. The molecule has 0 heterocycles. The Morgan fingerprint density at radius 1 is 1.00 bits per heavy atom. The van der Waals surface area contributed by atoms with Crippen LogP contribution in [0.25, 0.3) is 0 Å². The highest BCUT2D eigenvalue weighted by Crippen LogP contribution is 2.35. The Morgan fingerprint density at radius 3 is 2.29 bits per heavy atom. The molecule has 0 saturated carbocycles. The lowest BCUT2D eigenvalue weighted by Crippen LogP contribution is -2.17. The topological polar surface area (TPSA) is 43.4 Å². The Labute approximate surface area is 127 Å². The number of rotatable bonds is 3. The van der Waals surface area contributed by atoms with Crippen molar-refractivity contribution in [2.24, 2.45) is 0 Å². The summed E-state index contributed by atoms with van der Waals surface area (Å²) in [5.74, 6) is -0.0821. The summed E-state index contributed by atoms with van der Waals surface area (Å²) in [6.07, 6.45) is -4.79. The van der Waals surface area contributed by atoms with Crippen LogP contribution in [0.3, 0.4) is 0 Å². The van der Waals surface area contributed by atoms with Crippen molar-refractivity contribution in [1.29, 1.82) is 0 Å². The first-order valence-corrected chi connectivity index (χ1v) is 7.76. The van der Waals surface area contributed by atoms with Crippen LogP contribution in [0, 0.1) is 0 Å². The molecule has 0 fully saturated rings. The maximum absolute atomic E-state index is 12.9. The third kappa shape index (κ3) is 3.76. The fraction of sp³-hybridized carbons (Fsp3) is 0.0769. The fourth-order valence-electron chi connectivity index (χ4n) is 1.61. The summed E-state index contributed by atoms with van der Waals surface area (Å²) in [6, 6.07) is 9.67. The van der Waals surface area contributed by atoms with Crippen LogP contribution < -0.4 is 4.18 Å². The number of hydrogen-bond acceptors (Lipinski definition) is 3. The van der Waals surface area contributed by atoms with Crippen LogP contribution in [-0.4, -0.2) is 8.42 Å². The van der Waals surface area contributed by atoms with Crippen molar-refractivity contribution in [2.75, 3.05) is 0 Å². The minimum atomic E-state index is -4.79. The molecule has 21 heavy (non-hydrogen) atoms. The molecule has 0 aliphatic carbocycles. The highest BCUT2D eigenvalue weighted by atomic mass is 79.9. The molecule has 0 aromatic heterocycles. The summed E-state index contributed by atoms with van der Waals surface area (Å²) in [5, 5.41) is 0. The standard InChI is InChI=1S/C13H8BrF3O3S/c14-9-4-3-5-10(8-9)20-21(18,19)12-7-2-1-6-11(12)13(15,16)17/h1-8H. The molecule has 2 rings (SSSR count). The Balaban J connectivity index is 2.46. The minimum Gasteiger partial charge on any atom is -0.379 e. The van der Waals surface area contributed by atoms with E-state index in [1.54, 1.807) is 6.07 Å². The maximum atomic E-state index is 12.9. The van der Waals surface area contributed by atoms with E-state index in [0.717, 1.165) is 12.1 Å². The van der Waals surface area contributed by atoms with E-state index in [9.17, 15) is 21.6 Å². The second-order valence-electron chi connectivity index (χ2n) is 3.99. The third-order valence-electron chi connectivity index (χ3n) is 2.46. The van der Waals surface area contributed by atoms with Gasteiger partial charge in [-0.1, -0.05) is 34.1 Å². The van der Waals surface area contributed by atoms with Gasteiger partial charge in [0.25, 0.3) is 0 Å². The molecule has 0 atom stereocenters. The zero-order valence-electron chi connectivity index (χ0n) is 10.3. The lowest BCUT2D eigenvalue weighted by Gasteiger charge is -2.13. The largest absolute Gasteiger partial charge is 0.417 e. The molecule has 0 amide bonds. The molecule has 0 bridgehead atoms. The van der Waals surface area contributed by atoms with Gasteiger partial charge in [0.2, 0.25) is 0 Å². The fourth-order valence-corrected chi connectivity index (χ4v) is 3.13. The van der Waals surface area contributed by atoms with Gasteiger partial charge in [0.1, 0.15) is 10.6 Å². The van der Waals surface area contributed by atoms with E-state index >= 15 is 0 Å². The quantitative estimate of drug-likeness (QED) is 0.748. The van der Waals surface area contributed by atoms with Crippen molar-refractivity contribution in [2.45, 2.75) is 11.1 Å². The average molecular weight is 381 g/mol. The Kier molecular flexibility index (Phi) is 4.29. The summed E-state index contributed by atoms with van der Waals surface area (Å²) in [5.41, 5.74) is -1.26. The van der Waals surface area contributed by atoms with E-state index in [4.69, 9.17) is 4.18 Å². The molecule has 0 aliphatic heterocycles. The van der Waals surface area contributed by atoms with Crippen molar-refractivity contribution in [3.8, 4) is 5.75 Å². The maximum Gasteiger partial charge on any atom is 0.417 e. The molecule has 3 nitrogen and oxygen atoms in total. The first-order chi connectivity index (χ1) is 9.70. The van der Waals surface area contributed by atoms with Crippen molar-refractivity contribution >= 4 is 26.0 Å². The van der Waals surface area contributed by atoms with Crippen LogP contribution in [0.5, 0.6) is 5.75 Å². The van der Waals surface area contributed by atoms with E-state index < -0.39 is 26.8 Å². The second kappa shape index (κ2) is 5.69. The Bertz CT molecular complexity index is 757. The minimum absolute atomic E-state index is 0.0821. The summed E-state index contributed by atoms with van der Waals surface area (Å²) in [4.78, 5) is -0.919. The average Bonchev–Trinajstić information content (AvgIpc) is 2.37. The zero-order chi connectivity index (χ0) is 15.7. The first kappa shape index (κ1) is 15.8. The predicted octanol–water partition coefficient (Wildman–Crippen LogP) is 4.24. The Morgan fingerprint density at radius 2 is 1.67 bits per heavy atom. The number of alkyl halides is 3. The lowest BCUT2D eigenvalue weighted by molar-refractivity contribution is -0.139. The molecular formula is C13H8BrF3O3S. The van der Waals surface area contributed by atoms with Crippen molar-refractivity contribution in [3.63, 3.8) is 0 Å². The van der Waals surface area contributed by atoms with Crippen molar-refractivity contribution < 1.29 is 25.8 Å². The predicted molar refractivity (Wildman–Crippen MR) is 73.4 cm³/mol. The van der Waals surface area contributed by atoms with Crippen molar-refractivity contribution in [1.82, 2.24) is 0 Å². The zero-order valence-corrected chi connectivity index (χ0v) is 12.7. The SMILES string of the molecule is O=S(=O)(Oc1cccc(Br)c1)c1ccccc1C(F)(F)F. The van der Waals surface area contributed by atoms with Gasteiger partial charge >= 0.3 is 16.3 Å². The second-order valence-corrected chi connectivity index (χ2v) is 6.42. The normalized spacial score (nSPS) is 12.2. The van der Waals surface area contributed by atoms with Crippen LogP contribution in [0.1, 0.15) is 5.56 Å². The van der Waals surface area contributed by atoms with Crippen LogP contribution in [-0.2, 0) is 16.3 Å². The highest BCUT2D eigenvalue weighted by Gasteiger charge is 2.37. The molecule has 2 aromatic carbocycles. The van der Waals surface area contributed by atoms with Gasteiger partial charge in [0.05, 0.1) is 5.56 Å². The van der Waals surface area contributed by atoms with Crippen LogP contribution in [0.2, 0.25) is 0 Å². The highest BCUT2D eigenvalue weighted by molar-refractivity contribution is 9.10. The van der Waals surface area contributed by atoms with E-state index in [2.05, 4.69) is 15.9 Å². The van der Waals surface area contributed by atoms with Gasteiger partial charge in [-0.15, -0.1) is 0 Å². The summed E-state index contributed by atoms with van der Waals surface area (Å²) in [7, 11) is -4.58. The third-order valence-corrected chi connectivity index (χ3v) is 4.26. The molecule has 0 saturated heterocycles. The smallest absolute Gasteiger partial charge is 0.379 e. The molecule has 8 heteroatoms. The molecule has 2 aromatic rings. The van der Waals surface area contributed by atoms with Gasteiger partial charge in [-0.3, -0.25) is 0 Å². The van der Waals surface area contributed by atoms with Gasteiger partial charge in [0.15, 0.2) is 0 Å². The van der Waals surface area contributed by atoms with Crippen molar-refractivity contribution in [3.05, 3.63) is 58.6 Å². The monoisotopic (exact) mass is 380 g/mol. The number of benzene rings is 2. The Hall–Kier alpha value is -1.54. The summed E-state index contributed by atoms with van der Waals surface area (Å²) >= 11 is 3.12. The van der Waals surface area contributed by atoms with Gasteiger partial charge < -0.3 is 4.18 Å². The summed E-state index contributed by atoms with van der Waals surface area (Å²) < 4.78 is 67.9. The molecule has 0 unspecified atom stereocenters. The van der Waals surface area contributed by atoms with Gasteiger partial charge in [0, 0.05) is 4.47 Å². The number of hydrogen-bond donors (Lipinski definition) is 0. The molecular weight excluding hydrogens is 373 g/mol. The lowest BCUT2D eigenvalue weighted by atomic mass is 10.2. The number of halogens is 4. The summed E-state index contributed by atoms with van der Waals surface area (Å²) in [6.45, 7) is 0. The van der Waals surface area contributed by atoms with E-state index in [0.29, 0.717) is 10.5 Å².